The van der Waals surface area contributed by atoms with Crippen LogP contribution in [0.15, 0.2) is 48.5 Å². The number of unbranched alkanes of at least 4 members (excludes halogenated alkanes) is 1. The molecular formula is C27H29ClN6O5. The van der Waals surface area contributed by atoms with Crippen molar-refractivity contribution >= 4 is 23.7 Å². The van der Waals surface area contributed by atoms with Gasteiger partial charge in [-0.25, -0.2) is 14.6 Å². The second kappa shape index (κ2) is 13.0. The Labute approximate surface area is 230 Å². The van der Waals surface area contributed by atoms with Crippen molar-refractivity contribution in [2.45, 2.75) is 52.7 Å². The van der Waals surface area contributed by atoms with Gasteiger partial charge < -0.3 is 18.8 Å². The van der Waals surface area contributed by atoms with E-state index in [4.69, 9.17) is 25.8 Å². The number of hydrogen-bond donors (Lipinski definition) is 1. The van der Waals surface area contributed by atoms with Crippen molar-refractivity contribution < 1.29 is 23.8 Å². The quantitative estimate of drug-likeness (QED) is 0.190. The third-order valence-corrected chi connectivity index (χ3v) is 6.13. The Bertz CT molecular complexity index is 1400. The second-order valence-corrected chi connectivity index (χ2v) is 9.30. The first-order chi connectivity index (χ1) is 18.9. The summed E-state index contributed by atoms with van der Waals surface area (Å²) in [6.45, 7) is 5.23. The zero-order valence-electron chi connectivity index (χ0n) is 21.9. The Morgan fingerprint density at radius 3 is 2.46 bits per heavy atom. The van der Waals surface area contributed by atoms with E-state index in [0.29, 0.717) is 24.6 Å². The fourth-order valence-corrected chi connectivity index (χ4v) is 4.17. The molecule has 4 rings (SSSR count). The van der Waals surface area contributed by atoms with E-state index in [-0.39, 0.29) is 17.0 Å². The lowest BCUT2D eigenvalue weighted by Crippen LogP contribution is -2.17. The number of ether oxygens (including phenoxy) is 3. The zero-order valence-corrected chi connectivity index (χ0v) is 22.6. The minimum absolute atomic E-state index is 0.0331. The van der Waals surface area contributed by atoms with Crippen molar-refractivity contribution in [1.29, 1.82) is 0 Å². The summed E-state index contributed by atoms with van der Waals surface area (Å²) in [5.74, 6) is 0.393. The molecule has 0 bridgehead atoms. The highest BCUT2D eigenvalue weighted by molar-refractivity contribution is 6.32. The molecule has 204 valence electrons. The molecular weight excluding hydrogens is 524 g/mol. The number of carbonyl (C=O) groups is 2. The molecule has 2 aromatic carbocycles. The summed E-state index contributed by atoms with van der Waals surface area (Å²) >= 11 is 6.61. The highest BCUT2D eigenvalue weighted by atomic mass is 35.5. The summed E-state index contributed by atoms with van der Waals surface area (Å²) in [7, 11) is 0. The molecule has 11 nitrogen and oxygen atoms in total. The Hall–Kier alpha value is -4.25. The lowest BCUT2D eigenvalue weighted by Gasteiger charge is -2.11. The molecule has 0 radical (unpaired) electrons. The normalized spacial score (nSPS) is 11.0. The highest BCUT2D eigenvalue weighted by Gasteiger charge is 2.23. The first-order valence-electron chi connectivity index (χ1n) is 12.5. The van der Waals surface area contributed by atoms with Gasteiger partial charge in [-0.1, -0.05) is 73.5 Å². The number of imidazole rings is 1. The zero-order chi connectivity index (χ0) is 27.8. The van der Waals surface area contributed by atoms with Crippen LogP contribution in [0.3, 0.4) is 0 Å². The maximum atomic E-state index is 12.7. The maximum Gasteiger partial charge on any atom is 0.511 e. The van der Waals surface area contributed by atoms with Gasteiger partial charge in [0.2, 0.25) is 12.6 Å². The molecule has 0 saturated heterocycles. The van der Waals surface area contributed by atoms with Gasteiger partial charge in [-0.3, -0.25) is 0 Å². The van der Waals surface area contributed by atoms with Crippen LogP contribution in [-0.2, 0) is 27.2 Å². The molecule has 12 heteroatoms. The van der Waals surface area contributed by atoms with E-state index in [9.17, 15) is 9.59 Å². The van der Waals surface area contributed by atoms with E-state index in [1.54, 1.807) is 18.4 Å². The number of halogens is 1. The smallest absolute Gasteiger partial charge is 0.431 e. The lowest BCUT2D eigenvalue weighted by molar-refractivity contribution is -0.0347. The summed E-state index contributed by atoms with van der Waals surface area (Å²) in [6.07, 6.45) is 1.18. The second-order valence-electron chi connectivity index (χ2n) is 8.95. The van der Waals surface area contributed by atoms with Crippen LogP contribution in [0, 0.1) is 0 Å². The van der Waals surface area contributed by atoms with Crippen molar-refractivity contribution in [1.82, 2.24) is 30.2 Å². The van der Waals surface area contributed by atoms with Gasteiger partial charge in [0.05, 0.1) is 12.6 Å². The molecule has 0 aliphatic carbocycles. The van der Waals surface area contributed by atoms with Crippen LogP contribution < -0.4 is 0 Å². The van der Waals surface area contributed by atoms with E-state index in [0.717, 1.165) is 35.1 Å². The summed E-state index contributed by atoms with van der Waals surface area (Å²) in [4.78, 5) is 28.6. The summed E-state index contributed by atoms with van der Waals surface area (Å²) in [5.41, 5.74) is 3.76. The van der Waals surface area contributed by atoms with Crippen LogP contribution in [0.1, 0.15) is 55.5 Å². The largest absolute Gasteiger partial charge is 0.511 e. The van der Waals surface area contributed by atoms with Crippen LogP contribution in [0.5, 0.6) is 0 Å². The fourth-order valence-electron chi connectivity index (χ4n) is 3.90. The molecule has 0 atom stereocenters. The average Bonchev–Trinajstić information content (AvgIpc) is 3.56. The Kier molecular flexibility index (Phi) is 9.27. The summed E-state index contributed by atoms with van der Waals surface area (Å²) in [6, 6.07) is 15.8. The number of nitrogens with one attached hydrogen (secondary N) is 1. The highest BCUT2D eigenvalue weighted by Crippen LogP contribution is 2.30. The molecule has 0 saturated carbocycles. The topological polar surface area (TPSA) is 134 Å². The van der Waals surface area contributed by atoms with Gasteiger partial charge >= 0.3 is 12.1 Å². The Morgan fingerprint density at radius 2 is 1.79 bits per heavy atom. The molecule has 4 aromatic rings. The number of aromatic nitrogens is 6. The predicted octanol–water partition coefficient (Wildman–Crippen LogP) is 5.45. The number of benzene rings is 2. The minimum atomic E-state index is -0.929. The third-order valence-electron chi connectivity index (χ3n) is 5.75. The van der Waals surface area contributed by atoms with Gasteiger partial charge in [0.25, 0.3) is 0 Å². The van der Waals surface area contributed by atoms with Crippen LogP contribution in [-0.4, -0.2) is 55.2 Å². The van der Waals surface area contributed by atoms with Crippen molar-refractivity contribution in [3.8, 4) is 22.5 Å². The number of rotatable bonds is 11. The first-order valence-corrected chi connectivity index (χ1v) is 12.9. The molecule has 2 heterocycles. The van der Waals surface area contributed by atoms with E-state index >= 15 is 0 Å². The maximum absolute atomic E-state index is 12.7. The fraction of sp³-hybridized carbons (Fsp3) is 0.333. The molecule has 0 aliphatic heterocycles. The predicted molar refractivity (Wildman–Crippen MR) is 143 cm³/mol. The van der Waals surface area contributed by atoms with E-state index < -0.39 is 18.9 Å². The van der Waals surface area contributed by atoms with Gasteiger partial charge in [0, 0.05) is 12.0 Å². The number of carbonyl (C=O) groups excluding carboxylic acids is 2. The van der Waals surface area contributed by atoms with Crippen LogP contribution >= 0.6 is 11.6 Å². The monoisotopic (exact) mass is 552 g/mol. The number of aryl methyl sites for hydroxylation is 1. The number of tetrazole rings is 1. The van der Waals surface area contributed by atoms with Crippen molar-refractivity contribution in [3.63, 3.8) is 0 Å². The van der Waals surface area contributed by atoms with Gasteiger partial charge in [0.15, 0.2) is 5.69 Å². The lowest BCUT2D eigenvalue weighted by atomic mass is 9.98. The van der Waals surface area contributed by atoms with Gasteiger partial charge in [-0.15, -0.1) is 10.2 Å². The number of hydrogen-bond acceptors (Lipinski definition) is 9. The van der Waals surface area contributed by atoms with Crippen LogP contribution in [0.25, 0.3) is 22.5 Å². The van der Waals surface area contributed by atoms with E-state index in [1.807, 2.05) is 48.5 Å². The van der Waals surface area contributed by atoms with Crippen molar-refractivity contribution in [3.05, 3.63) is 70.8 Å². The first kappa shape index (κ1) is 27.8. The molecule has 0 spiro atoms. The molecule has 0 fully saturated rings. The third kappa shape index (κ3) is 6.99. The summed E-state index contributed by atoms with van der Waals surface area (Å²) in [5, 5.41) is 14.5. The number of H-pyrrole nitrogens is 1. The van der Waals surface area contributed by atoms with Gasteiger partial charge in [0.1, 0.15) is 11.0 Å². The minimum Gasteiger partial charge on any atom is -0.431 e. The Balaban J connectivity index is 1.51. The SMILES string of the molecule is CCCCc1nc(C(=O)OCOC(=O)OC(C)C)c(Cl)n1Cc1ccc(-c2ccccc2-c2nn[nH]n2)cc1. The Morgan fingerprint density at radius 1 is 1.05 bits per heavy atom. The van der Waals surface area contributed by atoms with E-state index in [1.165, 1.54) is 0 Å². The van der Waals surface area contributed by atoms with Gasteiger partial charge in [-0.05, 0) is 42.2 Å². The summed E-state index contributed by atoms with van der Waals surface area (Å²) < 4.78 is 16.5. The van der Waals surface area contributed by atoms with Crippen LogP contribution in [0.2, 0.25) is 5.15 Å². The number of esters is 1. The average molecular weight is 553 g/mol. The van der Waals surface area contributed by atoms with Crippen molar-refractivity contribution in [2.24, 2.45) is 0 Å². The molecule has 0 aliphatic rings. The van der Waals surface area contributed by atoms with Gasteiger partial charge in [-0.2, -0.15) is 5.21 Å². The standard InChI is InChI=1S/C27H29ClN6O5/c1-4-5-10-22-29-23(26(35)37-16-38-27(36)39-17(2)3)24(28)34(22)15-18-11-13-19(14-12-18)20-8-6-7-9-21(20)25-30-32-33-31-25/h6-9,11-14,17H,4-5,10,15-16H2,1-3H3,(H,30,31,32,33). The van der Waals surface area contributed by atoms with Crippen LogP contribution in [0.4, 0.5) is 4.79 Å². The molecule has 1 N–H and O–H groups in total. The molecule has 0 unspecified atom stereocenters. The number of aromatic amines is 1. The van der Waals surface area contributed by atoms with Crippen molar-refractivity contribution in [2.75, 3.05) is 6.79 Å². The molecule has 2 aromatic heterocycles. The molecule has 39 heavy (non-hydrogen) atoms. The van der Waals surface area contributed by atoms with E-state index in [2.05, 4.69) is 32.5 Å². The number of nitrogens with zero attached hydrogens (tertiary/aromatic N) is 5. The molecule has 0 amide bonds.